The number of rotatable bonds is 7. The van der Waals surface area contributed by atoms with Crippen LogP contribution in [0.5, 0.6) is 11.5 Å². The van der Waals surface area contributed by atoms with Gasteiger partial charge in [-0.15, -0.1) is 11.3 Å². The van der Waals surface area contributed by atoms with Gasteiger partial charge in [0, 0.05) is 5.70 Å². The van der Waals surface area contributed by atoms with Gasteiger partial charge in [0.1, 0.15) is 11.5 Å². The fourth-order valence-electron chi connectivity index (χ4n) is 4.07. The predicted molar refractivity (Wildman–Crippen MR) is 135 cm³/mol. The SMILES string of the molecule is CCOc1ccc(C2NC(=O)N(c3ccc(OC)cc3)C(C)=C2c2nc(-c3cccs3)no2)cc1. The van der Waals surface area contributed by atoms with Crippen molar-refractivity contribution in [1.29, 1.82) is 0 Å². The van der Waals surface area contributed by atoms with Crippen molar-refractivity contribution in [3.05, 3.63) is 83.2 Å². The second-order valence-electron chi connectivity index (χ2n) is 7.82. The van der Waals surface area contributed by atoms with Gasteiger partial charge in [-0.05, 0) is 67.3 Å². The molecule has 2 aromatic carbocycles. The lowest BCUT2D eigenvalue weighted by Gasteiger charge is -2.35. The molecule has 4 aromatic rings. The standard InChI is InChI=1S/C26H24N4O4S/c1-4-33-20-11-7-17(8-12-20)23-22(25-28-24(29-34-25)21-6-5-15-35-21)16(2)30(26(31)27-23)18-9-13-19(32-3)14-10-18/h5-15,23H,4H2,1-3H3,(H,27,31). The minimum Gasteiger partial charge on any atom is -0.497 e. The zero-order chi connectivity index (χ0) is 24.4. The van der Waals surface area contributed by atoms with Gasteiger partial charge in [-0.2, -0.15) is 4.98 Å². The molecule has 1 atom stereocenters. The zero-order valence-corrected chi connectivity index (χ0v) is 20.3. The molecule has 0 bridgehead atoms. The predicted octanol–water partition coefficient (Wildman–Crippen LogP) is 5.91. The quantitative estimate of drug-likeness (QED) is 0.348. The second-order valence-corrected chi connectivity index (χ2v) is 8.77. The van der Waals surface area contributed by atoms with E-state index in [0.29, 0.717) is 35.5 Å². The molecular weight excluding hydrogens is 464 g/mol. The molecule has 0 saturated heterocycles. The monoisotopic (exact) mass is 488 g/mol. The molecule has 1 aliphatic heterocycles. The van der Waals surface area contributed by atoms with Crippen LogP contribution in [0.25, 0.3) is 16.3 Å². The van der Waals surface area contributed by atoms with Crippen LogP contribution in [0.4, 0.5) is 10.5 Å². The van der Waals surface area contributed by atoms with Crippen molar-refractivity contribution in [1.82, 2.24) is 15.5 Å². The summed E-state index contributed by atoms with van der Waals surface area (Å²) in [5, 5.41) is 9.28. The highest BCUT2D eigenvalue weighted by Gasteiger charge is 2.36. The van der Waals surface area contributed by atoms with E-state index in [1.165, 1.54) is 11.3 Å². The van der Waals surface area contributed by atoms with Gasteiger partial charge in [0.15, 0.2) is 0 Å². The molecule has 0 radical (unpaired) electrons. The third kappa shape index (κ3) is 4.38. The molecule has 2 amide bonds. The summed E-state index contributed by atoms with van der Waals surface area (Å²) in [4.78, 5) is 20.5. The number of urea groups is 1. The van der Waals surface area contributed by atoms with Crippen molar-refractivity contribution in [3.8, 4) is 22.2 Å². The lowest BCUT2D eigenvalue weighted by Crippen LogP contribution is -2.46. The van der Waals surface area contributed by atoms with Crippen LogP contribution < -0.4 is 19.7 Å². The van der Waals surface area contributed by atoms with E-state index < -0.39 is 6.04 Å². The highest BCUT2D eigenvalue weighted by Crippen LogP contribution is 2.40. The fraction of sp³-hybridized carbons (Fsp3) is 0.192. The van der Waals surface area contributed by atoms with Gasteiger partial charge in [-0.3, -0.25) is 4.90 Å². The van der Waals surface area contributed by atoms with E-state index in [-0.39, 0.29) is 6.03 Å². The van der Waals surface area contributed by atoms with Crippen molar-refractivity contribution in [2.45, 2.75) is 19.9 Å². The number of carbonyl (C=O) groups excluding carboxylic acids is 1. The summed E-state index contributed by atoms with van der Waals surface area (Å²) in [7, 11) is 1.61. The second kappa shape index (κ2) is 9.63. The Morgan fingerprint density at radius 2 is 1.83 bits per heavy atom. The molecule has 1 unspecified atom stereocenters. The fourth-order valence-corrected chi connectivity index (χ4v) is 4.72. The molecule has 178 valence electrons. The molecule has 0 aliphatic carbocycles. The topological polar surface area (TPSA) is 89.7 Å². The highest BCUT2D eigenvalue weighted by molar-refractivity contribution is 7.13. The molecular formula is C26H24N4O4S. The number of ether oxygens (including phenoxy) is 2. The molecule has 1 aliphatic rings. The molecule has 2 aromatic heterocycles. The number of nitrogens with one attached hydrogen (secondary N) is 1. The number of aromatic nitrogens is 2. The summed E-state index contributed by atoms with van der Waals surface area (Å²) in [6.45, 7) is 4.40. The number of nitrogens with zero attached hydrogens (tertiary/aromatic N) is 3. The average molecular weight is 489 g/mol. The number of hydrogen-bond donors (Lipinski definition) is 1. The number of hydrogen-bond acceptors (Lipinski definition) is 7. The first-order chi connectivity index (χ1) is 17.1. The van der Waals surface area contributed by atoms with E-state index in [4.69, 9.17) is 14.0 Å². The molecule has 0 saturated carbocycles. The molecule has 35 heavy (non-hydrogen) atoms. The Bertz CT molecular complexity index is 1350. The summed E-state index contributed by atoms with van der Waals surface area (Å²) in [5.41, 5.74) is 2.99. The van der Waals surface area contributed by atoms with Gasteiger partial charge in [-0.1, -0.05) is 23.4 Å². The molecule has 5 rings (SSSR count). The van der Waals surface area contributed by atoms with Crippen molar-refractivity contribution >= 4 is 28.6 Å². The normalized spacial score (nSPS) is 15.8. The maximum absolute atomic E-state index is 13.3. The number of anilines is 1. The minimum atomic E-state index is -0.482. The number of benzene rings is 2. The van der Waals surface area contributed by atoms with Crippen LogP contribution in [0.15, 0.2) is 76.3 Å². The first kappa shape index (κ1) is 22.7. The van der Waals surface area contributed by atoms with E-state index in [1.54, 1.807) is 12.0 Å². The van der Waals surface area contributed by atoms with E-state index in [2.05, 4.69) is 15.5 Å². The van der Waals surface area contributed by atoms with E-state index >= 15 is 0 Å². The van der Waals surface area contributed by atoms with Crippen molar-refractivity contribution < 1.29 is 18.8 Å². The van der Waals surface area contributed by atoms with Crippen molar-refractivity contribution in [3.63, 3.8) is 0 Å². The van der Waals surface area contributed by atoms with Crippen LogP contribution in [0.1, 0.15) is 31.3 Å². The molecule has 3 heterocycles. The third-order valence-electron chi connectivity index (χ3n) is 5.74. The summed E-state index contributed by atoms with van der Waals surface area (Å²) in [6, 6.07) is 18.1. The molecule has 1 N–H and O–H groups in total. The van der Waals surface area contributed by atoms with Crippen LogP contribution in [0, 0.1) is 0 Å². The number of amides is 2. The molecule has 8 nitrogen and oxygen atoms in total. The Kier molecular flexibility index (Phi) is 6.24. The lowest BCUT2D eigenvalue weighted by molar-refractivity contribution is 0.244. The highest BCUT2D eigenvalue weighted by atomic mass is 32.1. The summed E-state index contributed by atoms with van der Waals surface area (Å²) < 4.78 is 16.6. The van der Waals surface area contributed by atoms with E-state index in [0.717, 1.165) is 21.8 Å². The van der Waals surface area contributed by atoms with Gasteiger partial charge in [-0.25, -0.2) is 4.79 Å². The maximum atomic E-state index is 13.3. The maximum Gasteiger partial charge on any atom is 0.326 e. The van der Waals surface area contributed by atoms with Crippen molar-refractivity contribution in [2.24, 2.45) is 0 Å². The average Bonchev–Trinajstić information content (AvgIpc) is 3.57. The van der Waals surface area contributed by atoms with Gasteiger partial charge < -0.3 is 19.3 Å². The first-order valence-electron chi connectivity index (χ1n) is 11.1. The van der Waals surface area contributed by atoms with Gasteiger partial charge in [0.05, 0.1) is 35.9 Å². The summed E-state index contributed by atoms with van der Waals surface area (Å²) >= 11 is 1.53. The van der Waals surface area contributed by atoms with E-state index in [1.807, 2.05) is 79.9 Å². The van der Waals surface area contributed by atoms with Gasteiger partial charge in [0.25, 0.3) is 5.89 Å². The summed E-state index contributed by atoms with van der Waals surface area (Å²) in [6.07, 6.45) is 0. The number of methoxy groups -OCH3 is 1. The van der Waals surface area contributed by atoms with Crippen LogP contribution >= 0.6 is 11.3 Å². The van der Waals surface area contributed by atoms with Crippen LogP contribution in [-0.2, 0) is 0 Å². The van der Waals surface area contributed by atoms with Gasteiger partial charge >= 0.3 is 6.03 Å². The Morgan fingerprint density at radius 3 is 2.49 bits per heavy atom. The van der Waals surface area contributed by atoms with Crippen LogP contribution in [-0.4, -0.2) is 29.9 Å². The molecule has 0 fully saturated rings. The van der Waals surface area contributed by atoms with Crippen LogP contribution in [0.3, 0.4) is 0 Å². The minimum absolute atomic E-state index is 0.256. The van der Waals surface area contributed by atoms with Crippen LogP contribution in [0.2, 0.25) is 0 Å². The number of allylic oxidation sites excluding steroid dienone is 1. The Morgan fingerprint density at radius 1 is 1.09 bits per heavy atom. The Labute approximate surface area is 206 Å². The third-order valence-corrected chi connectivity index (χ3v) is 6.60. The lowest BCUT2D eigenvalue weighted by atomic mass is 9.94. The number of thiophene rings is 1. The largest absolute Gasteiger partial charge is 0.497 e. The number of carbonyl (C=O) groups is 1. The van der Waals surface area contributed by atoms with E-state index in [9.17, 15) is 4.79 Å². The Hall–Kier alpha value is -4.11. The Balaban J connectivity index is 1.61. The molecule has 9 heteroatoms. The summed E-state index contributed by atoms with van der Waals surface area (Å²) in [5.74, 6) is 2.33. The van der Waals surface area contributed by atoms with Crippen molar-refractivity contribution in [2.75, 3.05) is 18.6 Å². The zero-order valence-electron chi connectivity index (χ0n) is 19.5. The van der Waals surface area contributed by atoms with Gasteiger partial charge in [0.2, 0.25) is 5.82 Å². The first-order valence-corrected chi connectivity index (χ1v) is 12.0. The smallest absolute Gasteiger partial charge is 0.326 e. The molecule has 0 spiro atoms.